The minimum absolute atomic E-state index is 0.248. The third kappa shape index (κ3) is 4.57. The maximum atomic E-state index is 12.2. The molecule has 0 saturated carbocycles. The fourth-order valence-corrected chi connectivity index (χ4v) is 2.95. The SMILES string of the molecule is CCc1ccc(C(CC)NCC(=O)N2CCCCC2)cc1. The molecule has 3 heteroatoms. The van der Waals surface area contributed by atoms with Gasteiger partial charge in [0.15, 0.2) is 0 Å². The first-order valence-corrected chi connectivity index (χ1v) is 8.34. The number of piperidine rings is 1. The van der Waals surface area contributed by atoms with Crippen LogP contribution in [0.5, 0.6) is 0 Å². The van der Waals surface area contributed by atoms with Crippen LogP contribution in [-0.2, 0) is 11.2 Å². The molecular weight excluding hydrogens is 260 g/mol. The monoisotopic (exact) mass is 288 g/mol. The summed E-state index contributed by atoms with van der Waals surface area (Å²) in [7, 11) is 0. The first-order chi connectivity index (χ1) is 10.2. The second kappa shape index (κ2) is 8.18. The Morgan fingerprint density at radius 2 is 1.81 bits per heavy atom. The van der Waals surface area contributed by atoms with Crippen LogP contribution in [0.3, 0.4) is 0 Å². The van der Waals surface area contributed by atoms with Crippen molar-refractivity contribution in [1.29, 1.82) is 0 Å². The van der Waals surface area contributed by atoms with Crippen LogP contribution < -0.4 is 5.32 Å². The number of likely N-dealkylation sites (tertiary alicyclic amines) is 1. The summed E-state index contributed by atoms with van der Waals surface area (Å²) in [6, 6.07) is 9.01. The number of carbonyl (C=O) groups is 1. The molecule has 0 bridgehead atoms. The van der Waals surface area contributed by atoms with Crippen LogP contribution in [0.15, 0.2) is 24.3 Å². The van der Waals surface area contributed by atoms with E-state index in [2.05, 4.69) is 43.4 Å². The van der Waals surface area contributed by atoms with Gasteiger partial charge in [0.1, 0.15) is 0 Å². The number of rotatable bonds is 6. The molecule has 1 aromatic rings. The second-order valence-electron chi connectivity index (χ2n) is 5.88. The number of aryl methyl sites for hydroxylation is 1. The molecule has 0 aliphatic carbocycles. The number of hydrogen-bond acceptors (Lipinski definition) is 2. The van der Waals surface area contributed by atoms with Crippen molar-refractivity contribution in [3.8, 4) is 0 Å². The molecule has 21 heavy (non-hydrogen) atoms. The van der Waals surface area contributed by atoms with Crippen molar-refractivity contribution in [2.75, 3.05) is 19.6 Å². The summed E-state index contributed by atoms with van der Waals surface area (Å²) in [5.74, 6) is 0.248. The molecule has 3 nitrogen and oxygen atoms in total. The molecule has 1 N–H and O–H groups in total. The van der Waals surface area contributed by atoms with E-state index >= 15 is 0 Å². The molecule has 0 aromatic heterocycles. The van der Waals surface area contributed by atoms with Gasteiger partial charge in [-0.3, -0.25) is 4.79 Å². The molecule has 1 aliphatic rings. The molecule has 1 aromatic carbocycles. The van der Waals surface area contributed by atoms with Gasteiger partial charge in [-0.25, -0.2) is 0 Å². The van der Waals surface area contributed by atoms with Gasteiger partial charge in [-0.05, 0) is 43.2 Å². The zero-order chi connectivity index (χ0) is 15.1. The van der Waals surface area contributed by atoms with Crippen molar-refractivity contribution in [2.24, 2.45) is 0 Å². The van der Waals surface area contributed by atoms with Crippen LogP contribution in [0, 0.1) is 0 Å². The van der Waals surface area contributed by atoms with Gasteiger partial charge in [0.05, 0.1) is 6.54 Å². The Hall–Kier alpha value is -1.35. The highest BCUT2D eigenvalue weighted by molar-refractivity contribution is 5.78. The highest BCUT2D eigenvalue weighted by Crippen LogP contribution is 2.17. The van der Waals surface area contributed by atoms with E-state index in [4.69, 9.17) is 0 Å². The smallest absolute Gasteiger partial charge is 0.236 e. The van der Waals surface area contributed by atoms with E-state index in [0.29, 0.717) is 6.54 Å². The standard InChI is InChI=1S/C18H28N2O/c1-3-15-8-10-16(11-9-15)17(4-2)19-14-18(21)20-12-6-5-7-13-20/h8-11,17,19H,3-7,12-14H2,1-2H3. The average Bonchev–Trinajstić information content (AvgIpc) is 2.56. The lowest BCUT2D eigenvalue weighted by atomic mass is 10.0. The Labute approximate surface area is 128 Å². The fourth-order valence-electron chi connectivity index (χ4n) is 2.95. The van der Waals surface area contributed by atoms with Gasteiger partial charge in [0, 0.05) is 19.1 Å². The summed E-state index contributed by atoms with van der Waals surface area (Å²) in [5, 5.41) is 3.43. The Morgan fingerprint density at radius 1 is 1.14 bits per heavy atom. The van der Waals surface area contributed by atoms with E-state index in [9.17, 15) is 4.79 Å². The van der Waals surface area contributed by atoms with Crippen molar-refractivity contribution in [1.82, 2.24) is 10.2 Å². The number of nitrogens with zero attached hydrogens (tertiary/aromatic N) is 1. The van der Waals surface area contributed by atoms with Crippen molar-refractivity contribution >= 4 is 5.91 Å². The zero-order valence-corrected chi connectivity index (χ0v) is 13.4. The minimum atomic E-state index is 0.248. The minimum Gasteiger partial charge on any atom is -0.342 e. The molecule has 2 rings (SSSR count). The largest absolute Gasteiger partial charge is 0.342 e. The molecule has 1 amide bonds. The molecule has 1 aliphatic heterocycles. The maximum Gasteiger partial charge on any atom is 0.236 e. The summed E-state index contributed by atoms with van der Waals surface area (Å²) in [4.78, 5) is 14.2. The van der Waals surface area contributed by atoms with E-state index < -0.39 is 0 Å². The molecule has 0 radical (unpaired) electrons. The van der Waals surface area contributed by atoms with Crippen LogP contribution >= 0.6 is 0 Å². The molecule has 1 atom stereocenters. The highest BCUT2D eigenvalue weighted by atomic mass is 16.2. The van der Waals surface area contributed by atoms with Gasteiger partial charge < -0.3 is 10.2 Å². The molecule has 1 saturated heterocycles. The summed E-state index contributed by atoms with van der Waals surface area (Å²) in [6.45, 7) is 6.65. The van der Waals surface area contributed by atoms with Crippen molar-refractivity contribution < 1.29 is 4.79 Å². The van der Waals surface area contributed by atoms with Crippen LogP contribution in [0.2, 0.25) is 0 Å². The second-order valence-corrected chi connectivity index (χ2v) is 5.88. The van der Waals surface area contributed by atoms with Gasteiger partial charge in [-0.15, -0.1) is 0 Å². The van der Waals surface area contributed by atoms with E-state index in [1.807, 2.05) is 4.90 Å². The molecular formula is C18H28N2O. The summed E-state index contributed by atoms with van der Waals surface area (Å²) in [5.41, 5.74) is 2.64. The zero-order valence-electron chi connectivity index (χ0n) is 13.4. The van der Waals surface area contributed by atoms with Gasteiger partial charge in [0.2, 0.25) is 5.91 Å². The van der Waals surface area contributed by atoms with Gasteiger partial charge in [0.25, 0.3) is 0 Å². The van der Waals surface area contributed by atoms with Gasteiger partial charge >= 0.3 is 0 Å². The summed E-state index contributed by atoms with van der Waals surface area (Å²) >= 11 is 0. The normalized spacial score (nSPS) is 16.8. The molecule has 0 spiro atoms. The number of amides is 1. The Kier molecular flexibility index (Phi) is 6.24. The van der Waals surface area contributed by atoms with Gasteiger partial charge in [-0.1, -0.05) is 38.1 Å². The fraction of sp³-hybridized carbons (Fsp3) is 0.611. The van der Waals surface area contributed by atoms with Crippen molar-refractivity contribution in [3.63, 3.8) is 0 Å². The van der Waals surface area contributed by atoms with Crippen LogP contribution in [0.4, 0.5) is 0 Å². The molecule has 1 unspecified atom stereocenters. The van der Waals surface area contributed by atoms with E-state index in [0.717, 1.165) is 38.8 Å². The predicted octanol–water partition coefficient (Wildman–Crippen LogP) is 3.30. The predicted molar refractivity (Wildman–Crippen MR) is 87.3 cm³/mol. The van der Waals surface area contributed by atoms with Crippen LogP contribution in [-0.4, -0.2) is 30.4 Å². The molecule has 116 valence electrons. The number of benzene rings is 1. The van der Waals surface area contributed by atoms with Gasteiger partial charge in [-0.2, -0.15) is 0 Å². The molecule has 1 heterocycles. The van der Waals surface area contributed by atoms with E-state index in [1.165, 1.54) is 17.5 Å². The Bertz CT molecular complexity index is 435. The number of nitrogens with one attached hydrogen (secondary N) is 1. The maximum absolute atomic E-state index is 12.2. The van der Waals surface area contributed by atoms with Crippen LogP contribution in [0.25, 0.3) is 0 Å². The average molecular weight is 288 g/mol. The third-order valence-corrected chi connectivity index (χ3v) is 4.41. The lowest BCUT2D eigenvalue weighted by molar-refractivity contribution is -0.131. The van der Waals surface area contributed by atoms with E-state index in [-0.39, 0.29) is 11.9 Å². The lowest BCUT2D eigenvalue weighted by Crippen LogP contribution is -2.41. The topological polar surface area (TPSA) is 32.3 Å². The first kappa shape index (κ1) is 16.0. The third-order valence-electron chi connectivity index (χ3n) is 4.41. The van der Waals surface area contributed by atoms with E-state index in [1.54, 1.807) is 0 Å². The number of carbonyl (C=O) groups excluding carboxylic acids is 1. The van der Waals surface area contributed by atoms with Crippen LogP contribution in [0.1, 0.15) is 56.7 Å². The highest BCUT2D eigenvalue weighted by Gasteiger charge is 2.17. The lowest BCUT2D eigenvalue weighted by Gasteiger charge is -2.28. The Balaban J connectivity index is 1.87. The quantitative estimate of drug-likeness (QED) is 0.871. The summed E-state index contributed by atoms with van der Waals surface area (Å²) in [6.07, 6.45) is 5.64. The Morgan fingerprint density at radius 3 is 2.38 bits per heavy atom. The van der Waals surface area contributed by atoms with Crippen molar-refractivity contribution in [3.05, 3.63) is 35.4 Å². The number of hydrogen-bond donors (Lipinski definition) is 1. The summed E-state index contributed by atoms with van der Waals surface area (Å²) < 4.78 is 0. The van der Waals surface area contributed by atoms with Crippen molar-refractivity contribution in [2.45, 2.75) is 52.0 Å². The molecule has 1 fully saturated rings. The first-order valence-electron chi connectivity index (χ1n) is 8.34.